The van der Waals surface area contributed by atoms with E-state index in [9.17, 15) is 4.39 Å². The molecule has 2 rings (SSSR count). The van der Waals surface area contributed by atoms with Crippen molar-refractivity contribution in [1.29, 1.82) is 0 Å². The van der Waals surface area contributed by atoms with Crippen LogP contribution < -0.4 is 4.90 Å². The van der Waals surface area contributed by atoms with Gasteiger partial charge in [-0.05, 0) is 25.0 Å². The lowest BCUT2D eigenvalue weighted by Gasteiger charge is -2.32. The van der Waals surface area contributed by atoms with Gasteiger partial charge in [-0.25, -0.2) is 4.98 Å². The maximum absolute atomic E-state index is 12.9. The molecule has 0 amide bonds. The van der Waals surface area contributed by atoms with Gasteiger partial charge in [-0.3, -0.25) is 0 Å². The minimum atomic E-state index is -0.424. The van der Waals surface area contributed by atoms with Crippen LogP contribution in [-0.2, 0) is 4.74 Å². The summed E-state index contributed by atoms with van der Waals surface area (Å²) in [5, 5.41) is 0. The van der Waals surface area contributed by atoms with Gasteiger partial charge in [-0.15, -0.1) is 0 Å². The maximum Gasteiger partial charge on any atom is 0.214 e. The number of anilines is 1. The molecule has 0 N–H and O–H groups in total. The summed E-state index contributed by atoms with van der Waals surface area (Å²) in [6.45, 7) is 1.73. The van der Waals surface area contributed by atoms with E-state index in [0.717, 1.165) is 25.9 Å². The Bertz CT molecular complexity index is 332. The molecule has 0 aromatic carbocycles. The van der Waals surface area contributed by atoms with Crippen LogP contribution in [0.15, 0.2) is 18.2 Å². The van der Waals surface area contributed by atoms with Crippen molar-refractivity contribution in [2.75, 3.05) is 25.1 Å². The summed E-state index contributed by atoms with van der Waals surface area (Å²) in [5.41, 5.74) is 0. The molecule has 4 heteroatoms. The van der Waals surface area contributed by atoms with Gasteiger partial charge in [0.25, 0.3) is 0 Å². The lowest BCUT2D eigenvalue weighted by molar-refractivity contribution is 0.0891. The van der Waals surface area contributed by atoms with Gasteiger partial charge in [0.2, 0.25) is 5.95 Å². The van der Waals surface area contributed by atoms with Gasteiger partial charge in [0.05, 0.1) is 6.10 Å². The number of pyridine rings is 1. The van der Waals surface area contributed by atoms with E-state index in [1.807, 2.05) is 6.07 Å². The summed E-state index contributed by atoms with van der Waals surface area (Å²) in [4.78, 5) is 5.94. The van der Waals surface area contributed by atoms with E-state index in [4.69, 9.17) is 4.74 Å². The molecule has 0 spiro atoms. The fourth-order valence-electron chi connectivity index (χ4n) is 1.91. The number of nitrogens with zero attached hydrogens (tertiary/aromatic N) is 2. The van der Waals surface area contributed by atoms with Crippen molar-refractivity contribution in [2.24, 2.45) is 0 Å². The van der Waals surface area contributed by atoms with Crippen LogP contribution >= 0.6 is 0 Å². The van der Waals surface area contributed by atoms with Crippen molar-refractivity contribution >= 4 is 5.82 Å². The molecule has 15 heavy (non-hydrogen) atoms. The van der Waals surface area contributed by atoms with Crippen LogP contribution in [0.25, 0.3) is 0 Å². The van der Waals surface area contributed by atoms with E-state index in [2.05, 4.69) is 9.88 Å². The molecule has 1 aromatic heterocycles. The van der Waals surface area contributed by atoms with Crippen LogP contribution in [0, 0.1) is 5.95 Å². The van der Waals surface area contributed by atoms with Crippen molar-refractivity contribution < 1.29 is 9.13 Å². The minimum Gasteiger partial charge on any atom is -0.380 e. The summed E-state index contributed by atoms with van der Waals surface area (Å²) >= 11 is 0. The Morgan fingerprint density at radius 1 is 1.53 bits per heavy atom. The van der Waals surface area contributed by atoms with Gasteiger partial charge in [0.15, 0.2) is 0 Å². The summed E-state index contributed by atoms with van der Waals surface area (Å²) in [6.07, 6.45) is 2.38. The second kappa shape index (κ2) is 4.57. The highest BCUT2D eigenvalue weighted by Crippen LogP contribution is 2.19. The highest BCUT2D eigenvalue weighted by molar-refractivity contribution is 5.38. The largest absolute Gasteiger partial charge is 0.380 e. The summed E-state index contributed by atoms with van der Waals surface area (Å²) in [6, 6.07) is 4.89. The lowest BCUT2D eigenvalue weighted by atomic mass is 10.1. The Morgan fingerprint density at radius 3 is 3.13 bits per heavy atom. The molecular weight excluding hydrogens is 195 g/mol. The second-order valence-electron chi connectivity index (χ2n) is 3.76. The lowest BCUT2D eigenvalue weighted by Crippen LogP contribution is -2.39. The van der Waals surface area contributed by atoms with Crippen molar-refractivity contribution in [3.05, 3.63) is 24.1 Å². The first-order chi connectivity index (χ1) is 7.29. The molecule has 0 saturated carbocycles. The molecule has 2 heterocycles. The normalized spacial score (nSPS) is 21.7. The molecular formula is C11H15FN2O. The molecule has 0 aliphatic carbocycles. The molecule has 0 unspecified atom stereocenters. The number of aromatic nitrogens is 1. The van der Waals surface area contributed by atoms with Gasteiger partial charge in [0, 0.05) is 20.2 Å². The second-order valence-corrected chi connectivity index (χ2v) is 3.76. The zero-order valence-corrected chi connectivity index (χ0v) is 8.82. The van der Waals surface area contributed by atoms with Crippen LogP contribution in [0.1, 0.15) is 12.8 Å². The molecule has 1 fully saturated rings. The molecule has 0 radical (unpaired) electrons. The van der Waals surface area contributed by atoms with Crippen LogP contribution in [-0.4, -0.2) is 31.3 Å². The van der Waals surface area contributed by atoms with Gasteiger partial charge in [-0.1, -0.05) is 6.07 Å². The Hall–Kier alpha value is -1.16. The molecule has 1 aliphatic heterocycles. The fraction of sp³-hybridized carbons (Fsp3) is 0.545. The van der Waals surface area contributed by atoms with Gasteiger partial charge in [-0.2, -0.15) is 4.39 Å². The number of hydrogen-bond donors (Lipinski definition) is 0. The summed E-state index contributed by atoms with van der Waals surface area (Å²) < 4.78 is 18.2. The van der Waals surface area contributed by atoms with E-state index in [-0.39, 0.29) is 6.10 Å². The molecule has 3 nitrogen and oxygen atoms in total. The predicted molar refractivity (Wildman–Crippen MR) is 56.4 cm³/mol. The molecule has 1 aliphatic rings. The fourth-order valence-corrected chi connectivity index (χ4v) is 1.91. The van der Waals surface area contributed by atoms with Crippen LogP contribution in [0.2, 0.25) is 0 Å². The first-order valence-corrected chi connectivity index (χ1v) is 5.20. The topological polar surface area (TPSA) is 25.4 Å². The zero-order chi connectivity index (χ0) is 10.7. The average molecular weight is 210 g/mol. The molecule has 82 valence electrons. The number of piperidine rings is 1. The van der Waals surface area contributed by atoms with E-state index in [1.165, 1.54) is 6.07 Å². The van der Waals surface area contributed by atoms with Gasteiger partial charge >= 0.3 is 0 Å². The number of rotatable bonds is 2. The number of methoxy groups -OCH3 is 1. The maximum atomic E-state index is 12.9. The van der Waals surface area contributed by atoms with Gasteiger partial charge < -0.3 is 9.64 Å². The molecule has 1 saturated heterocycles. The Morgan fingerprint density at radius 2 is 2.40 bits per heavy atom. The van der Waals surface area contributed by atoms with Crippen molar-refractivity contribution in [2.45, 2.75) is 18.9 Å². The third-order valence-corrected chi connectivity index (χ3v) is 2.74. The van der Waals surface area contributed by atoms with E-state index >= 15 is 0 Å². The number of hydrogen-bond acceptors (Lipinski definition) is 3. The predicted octanol–water partition coefficient (Wildman–Crippen LogP) is 1.84. The van der Waals surface area contributed by atoms with E-state index in [0.29, 0.717) is 5.82 Å². The Kier molecular flexibility index (Phi) is 3.16. The van der Waals surface area contributed by atoms with Crippen LogP contribution in [0.4, 0.5) is 10.2 Å². The number of ether oxygens (including phenoxy) is 1. The SMILES string of the molecule is CO[C@H]1CCCN(c2cccc(F)n2)C1. The highest BCUT2D eigenvalue weighted by Gasteiger charge is 2.20. The minimum absolute atomic E-state index is 0.240. The van der Waals surface area contributed by atoms with Crippen molar-refractivity contribution in [3.8, 4) is 0 Å². The van der Waals surface area contributed by atoms with Crippen molar-refractivity contribution in [3.63, 3.8) is 0 Å². The third kappa shape index (κ3) is 2.45. The van der Waals surface area contributed by atoms with Gasteiger partial charge in [0.1, 0.15) is 5.82 Å². The Labute approximate surface area is 88.9 Å². The first kappa shape index (κ1) is 10.4. The quantitative estimate of drug-likeness (QED) is 0.696. The standard InChI is InChI=1S/C11H15FN2O/c1-15-9-4-3-7-14(8-9)11-6-2-5-10(12)13-11/h2,5-6,9H,3-4,7-8H2,1H3/t9-/m0/s1. The monoisotopic (exact) mass is 210 g/mol. The first-order valence-electron chi connectivity index (χ1n) is 5.20. The molecule has 1 aromatic rings. The van der Waals surface area contributed by atoms with Crippen LogP contribution in [0.5, 0.6) is 0 Å². The summed E-state index contributed by atoms with van der Waals surface area (Å²) in [7, 11) is 1.72. The van der Waals surface area contributed by atoms with E-state index in [1.54, 1.807) is 13.2 Å². The number of halogens is 1. The van der Waals surface area contributed by atoms with Crippen LogP contribution in [0.3, 0.4) is 0 Å². The third-order valence-electron chi connectivity index (χ3n) is 2.74. The van der Waals surface area contributed by atoms with E-state index < -0.39 is 5.95 Å². The van der Waals surface area contributed by atoms with Crippen molar-refractivity contribution in [1.82, 2.24) is 4.98 Å². The average Bonchev–Trinajstić information content (AvgIpc) is 2.29. The molecule has 1 atom stereocenters. The molecule has 0 bridgehead atoms. The smallest absolute Gasteiger partial charge is 0.214 e. The highest BCUT2D eigenvalue weighted by atomic mass is 19.1. The zero-order valence-electron chi connectivity index (χ0n) is 8.82. The summed E-state index contributed by atoms with van der Waals surface area (Å²) in [5.74, 6) is 0.281. The Balaban J connectivity index is 2.09.